The van der Waals surface area contributed by atoms with Crippen LogP contribution in [0, 0.1) is 12.7 Å². The summed E-state index contributed by atoms with van der Waals surface area (Å²) in [6, 6.07) is 4.31. The maximum atomic E-state index is 13.5. The van der Waals surface area contributed by atoms with Gasteiger partial charge in [0, 0.05) is 13.1 Å². The van der Waals surface area contributed by atoms with Crippen LogP contribution in [0.5, 0.6) is 0 Å². The molecule has 1 aromatic carbocycles. The molecule has 1 fully saturated rings. The Labute approximate surface area is 104 Å². The van der Waals surface area contributed by atoms with Crippen LogP contribution in [0.4, 0.5) is 14.9 Å². The first-order valence-corrected chi connectivity index (χ1v) is 5.66. The van der Waals surface area contributed by atoms with Crippen molar-refractivity contribution < 1.29 is 14.0 Å². The fraction of sp³-hybridized carbons (Fsp3) is 0.333. The molecule has 1 aromatic rings. The van der Waals surface area contributed by atoms with E-state index in [1.807, 2.05) is 0 Å². The molecule has 0 saturated carbocycles. The smallest absolute Gasteiger partial charge is 0.324 e. The average Bonchev–Trinajstić information content (AvgIpc) is 2.74. The molecule has 1 saturated heterocycles. The molecule has 5 nitrogen and oxygen atoms in total. The number of imide groups is 1. The highest BCUT2D eigenvalue weighted by atomic mass is 19.1. The van der Waals surface area contributed by atoms with Gasteiger partial charge in [0.2, 0.25) is 5.91 Å². The molecule has 2 rings (SSSR count). The number of nitrogens with zero attached hydrogens (tertiary/aromatic N) is 1. The SMILES string of the molecule is Cc1ccc(NCC(=O)N2CCNC2=O)c(F)c1. The summed E-state index contributed by atoms with van der Waals surface area (Å²) in [6.07, 6.45) is 0. The maximum absolute atomic E-state index is 13.5. The lowest BCUT2D eigenvalue weighted by Gasteiger charge is -2.13. The number of benzene rings is 1. The summed E-state index contributed by atoms with van der Waals surface area (Å²) in [6.45, 7) is 2.50. The number of amides is 3. The molecule has 0 aromatic heterocycles. The third-order valence-electron chi connectivity index (χ3n) is 2.71. The molecular formula is C12H14FN3O2. The summed E-state index contributed by atoms with van der Waals surface area (Å²) in [5.41, 5.74) is 1.07. The number of urea groups is 1. The van der Waals surface area contributed by atoms with Crippen LogP contribution in [0.2, 0.25) is 0 Å². The normalized spacial score (nSPS) is 14.6. The molecule has 1 aliphatic heterocycles. The van der Waals surface area contributed by atoms with E-state index < -0.39 is 11.8 Å². The monoisotopic (exact) mass is 251 g/mol. The zero-order chi connectivity index (χ0) is 13.1. The Hall–Kier alpha value is -2.11. The zero-order valence-electron chi connectivity index (χ0n) is 10.00. The van der Waals surface area contributed by atoms with Gasteiger partial charge in [-0.15, -0.1) is 0 Å². The van der Waals surface area contributed by atoms with Crippen LogP contribution >= 0.6 is 0 Å². The fourth-order valence-electron chi connectivity index (χ4n) is 1.74. The number of hydrogen-bond donors (Lipinski definition) is 2. The van der Waals surface area contributed by atoms with Crippen LogP contribution in [0.15, 0.2) is 18.2 Å². The molecule has 1 heterocycles. The van der Waals surface area contributed by atoms with Crippen LogP contribution in [-0.4, -0.2) is 36.5 Å². The molecule has 3 amide bonds. The van der Waals surface area contributed by atoms with Crippen LogP contribution < -0.4 is 10.6 Å². The summed E-state index contributed by atoms with van der Waals surface area (Å²) < 4.78 is 13.5. The molecular weight excluding hydrogens is 237 g/mol. The van der Waals surface area contributed by atoms with Crippen LogP contribution in [0.3, 0.4) is 0 Å². The Morgan fingerprint density at radius 3 is 2.94 bits per heavy atom. The van der Waals surface area contributed by atoms with Crippen molar-refractivity contribution >= 4 is 17.6 Å². The Balaban J connectivity index is 1.95. The van der Waals surface area contributed by atoms with Crippen LogP contribution in [-0.2, 0) is 4.79 Å². The van der Waals surface area contributed by atoms with Gasteiger partial charge in [0.15, 0.2) is 0 Å². The minimum Gasteiger partial charge on any atom is -0.374 e. The third kappa shape index (κ3) is 2.58. The van der Waals surface area contributed by atoms with Gasteiger partial charge in [-0.1, -0.05) is 6.07 Å². The number of hydrogen-bond acceptors (Lipinski definition) is 3. The number of rotatable bonds is 3. The molecule has 0 aliphatic carbocycles. The number of nitrogens with one attached hydrogen (secondary N) is 2. The van der Waals surface area contributed by atoms with Crippen molar-refractivity contribution in [3.8, 4) is 0 Å². The standard InChI is InChI=1S/C12H14FN3O2/c1-8-2-3-10(9(13)6-8)15-7-11(17)16-5-4-14-12(16)18/h2-3,6,15H,4-5,7H2,1H3,(H,14,18). The van der Waals surface area contributed by atoms with Crippen molar-refractivity contribution in [1.82, 2.24) is 10.2 Å². The topological polar surface area (TPSA) is 61.4 Å². The summed E-state index contributed by atoms with van der Waals surface area (Å²) in [5.74, 6) is -0.779. The number of aryl methyl sites for hydroxylation is 1. The maximum Gasteiger partial charge on any atom is 0.324 e. The van der Waals surface area contributed by atoms with E-state index in [1.165, 1.54) is 6.07 Å². The molecule has 0 unspecified atom stereocenters. The quantitative estimate of drug-likeness (QED) is 0.845. The minimum atomic E-state index is -0.409. The number of carbonyl (C=O) groups is 2. The Kier molecular flexibility index (Phi) is 3.45. The second kappa shape index (κ2) is 5.03. The van der Waals surface area contributed by atoms with Crippen molar-refractivity contribution in [1.29, 1.82) is 0 Å². The highest BCUT2D eigenvalue weighted by Crippen LogP contribution is 2.15. The van der Waals surface area contributed by atoms with Crippen LogP contribution in [0.1, 0.15) is 5.56 Å². The highest BCUT2D eigenvalue weighted by molar-refractivity contribution is 5.97. The van der Waals surface area contributed by atoms with E-state index >= 15 is 0 Å². The minimum absolute atomic E-state index is 0.104. The first-order valence-electron chi connectivity index (χ1n) is 5.66. The van der Waals surface area contributed by atoms with Gasteiger partial charge in [0.1, 0.15) is 5.82 Å². The highest BCUT2D eigenvalue weighted by Gasteiger charge is 2.25. The molecule has 18 heavy (non-hydrogen) atoms. The molecule has 0 atom stereocenters. The van der Waals surface area contributed by atoms with Crippen molar-refractivity contribution in [2.75, 3.05) is 25.0 Å². The summed E-state index contributed by atoms with van der Waals surface area (Å²) >= 11 is 0. The lowest BCUT2D eigenvalue weighted by atomic mass is 10.2. The summed E-state index contributed by atoms with van der Waals surface area (Å²) in [7, 11) is 0. The van der Waals surface area contributed by atoms with E-state index in [9.17, 15) is 14.0 Å². The number of carbonyl (C=O) groups excluding carboxylic acids is 2. The lowest BCUT2D eigenvalue weighted by molar-refractivity contribution is -0.125. The predicted molar refractivity (Wildman–Crippen MR) is 64.7 cm³/mol. The Morgan fingerprint density at radius 1 is 1.56 bits per heavy atom. The van der Waals surface area contributed by atoms with E-state index in [0.29, 0.717) is 13.1 Å². The first-order chi connectivity index (χ1) is 8.58. The predicted octanol–water partition coefficient (Wildman–Crippen LogP) is 1.10. The van der Waals surface area contributed by atoms with E-state index in [0.717, 1.165) is 10.5 Å². The summed E-state index contributed by atoms with van der Waals surface area (Å²) in [5, 5.41) is 5.22. The van der Waals surface area contributed by atoms with E-state index in [2.05, 4.69) is 10.6 Å². The largest absolute Gasteiger partial charge is 0.374 e. The molecule has 2 N–H and O–H groups in total. The van der Waals surface area contributed by atoms with E-state index in [-0.39, 0.29) is 18.1 Å². The van der Waals surface area contributed by atoms with E-state index in [1.54, 1.807) is 19.1 Å². The van der Waals surface area contributed by atoms with Gasteiger partial charge in [-0.05, 0) is 24.6 Å². The molecule has 0 spiro atoms. The zero-order valence-corrected chi connectivity index (χ0v) is 10.00. The number of halogens is 1. The van der Waals surface area contributed by atoms with Gasteiger partial charge >= 0.3 is 6.03 Å². The lowest BCUT2D eigenvalue weighted by Crippen LogP contribution is -2.38. The van der Waals surface area contributed by atoms with Gasteiger partial charge in [0.05, 0.1) is 12.2 Å². The van der Waals surface area contributed by atoms with Gasteiger partial charge in [-0.25, -0.2) is 9.18 Å². The molecule has 0 bridgehead atoms. The van der Waals surface area contributed by atoms with Crippen LogP contribution in [0.25, 0.3) is 0 Å². The van der Waals surface area contributed by atoms with Crippen molar-refractivity contribution in [2.24, 2.45) is 0 Å². The second-order valence-corrected chi connectivity index (χ2v) is 4.11. The molecule has 6 heteroatoms. The van der Waals surface area contributed by atoms with Crippen molar-refractivity contribution in [3.05, 3.63) is 29.6 Å². The van der Waals surface area contributed by atoms with Crippen molar-refractivity contribution in [3.63, 3.8) is 0 Å². The van der Waals surface area contributed by atoms with Gasteiger partial charge in [0.25, 0.3) is 0 Å². The van der Waals surface area contributed by atoms with Gasteiger partial charge < -0.3 is 10.6 Å². The molecule has 0 radical (unpaired) electrons. The third-order valence-corrected chi connectivity index (χ3v) is 2.71. The van der Waals surface area contributed by atoms with E-state index in [4.69, 9.17) is 0 Å². The van der Waals surface area contributed by atoms with Gasteiger partial charge in [-0.3, -0.25) is 9.69 Å². The average molecular weight is 251 g/mol. The van der Waals surface area contributed by atoms with Crippen molar-refractivity contribution in [2.45, 2.75) is 6.92 Å². The Bertz CT molecular complexity index is 490. The number of anilines is 1. The first kappa shape index (κ1) is 12.3. The Morgan fingerprint density at radius 2 is 2.33 bits per heavy atom. The summed E-state index contributed by atoms with van der Waals surface area (Å²) in [4.78, 5) is 24.0. The molecule has 1 aliphatic rings. The molecule has 96 valence electrons. The van der Waals surface area contributed by atoms with Gasteiger partial charge in [-0.2, -0.15) is 0 Å². The fourth-order valence-corrected chi connectivity index (χ4v) is 1.74. The second-order valence-electron chi connectivity index (χ2n) is 4.11.